The van der Waals surface area contributed by atoms with Crippen LogP contribution in [0.25, 0.3) is 17.1 Å². The van der Waals surface area contributed by atoms with E-state index in [0.717, 1.165) is 11.3 Å². The molecule has 0 spiro atoms. The van der Waals surface area contributed by atoms with E-state index in [1.165, 1.54) is 36.2 Å². The monoisotopic (exact) mass is 510 g/mol. The zero-order valence-corrected chi connectivity index (χ0v) is 19.9. The fraction of sp³-hybridized carbons (Fsp3) is 0. The number of nitro groups is 1. The number of carbonyl (C=O) groups excluding carboxylic acids is 1. The molecule has 0 unspecified atom stereocenters. The average Bonchev–Trinajstić information content (AvgIpc) is 3.56. The number of hydrogen-bond donors (Lipinski definition) is 1. The molecule has 0 radical (unpaired) electrons. The predicted molar refractivity (Wildman–Crippen MR) is 138 cm³/mol. The molecular formula is C26H18N6O4S. The van der Waals surface area contributed by atoms with Crippen LogP contribution in [0, 0.1) is 10.1 Å². The highest BCUT2D eigenvalue weighted by Gasteiger charge is 2.19. The zero-order valence-electron chi connectivity index (χ0n) is 19.1. The van der Waals surface area contributed by atoms with E-state index in [0.29, 0.717) is 21.8 Å². The number of hydrogen-bond acceptors (Lipinski definition) is 8. The predicted octanol–water partition coefficient (Wildman–Crippen LogP) is 5.35. The van der Waals surface area contributed by atoms with E-state index in [9.17, 15) is 14.9 Å². The number of furan rings is 1. The highest BCUT2D eigenvalue weighted by Crippen LogP contribution is 2.33. The normalized spacial score (nSPS) is 11.0. The van der Waals surface area contributed by atoms with E-state index in [4.69, 9.17) is 4.42 Å². The summed E-state index contributed by atoms with van der Waals surface area (Å²) in [6, 6.07) is 28.6. The Hall–Kier alpha value is -5.03. The van der Waals surface area contributed by atoms with E-state index >= 15 is 0 Å². The van der Waals surface area contributed by atoms with E-state index in [2.05, 4.69) is 20.7 Å². The van der Waals surface area contributed by atoms with Gasteiger partial charge in [0.15, 0.2) is 10.9 Å². The number of rotatable bonds is 8. The molecule has 3 aromatic carbocycles. The number of hydrazone groups is 1. The highest BCUT2D eigenvalue weighted by molar-refractivity contribution is 7.99. The van der Waals surface area contributed by atoms with Gasteiger partial charge in [0.25, 0.3) is 11.6 Å². The van der Waals surface area contributed by atoms with Gasteiger partial charge < -0.3 is 4.42 Å². The summed E-state index contributed by atoms with van der Waals surface area (Å²) in [6.07, 6.45) is 1.31. The molecule has 1 amide bonds. The van der Waals surface area contributed by atoms with Gasteiger partial charge in [-0.05, 0) is 42.1 Å². The van der Waals surface area contributed by atoms with Gasteiger partial charge in [-0.2, -0.15) is 5.10 Å². The van der Waals surface area contributed by atoms with Gasteiger partial charge in [0, 0.05) is 17.3 Å². The van der Waals surface area contributed by atoms with Crippen molar-refractivity contribution in [2.24, 2.45) is 5.10 Å². The van der Waals surface area contributed by atoms with Gasteiger partial charge in [-0.3, -0.25) is 19.5 Å². The van der Waals surface area contributed by atoms with Gasteiger partial charge in [0.1, 0.15) is 11.3 Å². The Balaban J connectivity index is 1.34. The average molecular weight is 511 g/mol. The maximum atomic E-state index is 12.3. The van der Waals surface area contributed by atoms with E-state index in [1.807, 2.05) is 65.2 Å². The van der Waals surface area contributed by atoms with Gasteiger partial charge in [-0.1, -0.05) is 60.7 Å². The number of benzene rings is 3. The van der Waals surface area contributed by atoms with E-state index in [1.54, 1.807) is 18.2 Å². The maximum absolute atomic E-state index is 12.3. The summed E-state index contributed by atoms with van der Waals surface area (Å²) in [4.78, 5) is 22.8. The minimum absolute atomic E-state index is 0.0881. The van der Waals surface area contributed by atoms with E-state index in [-0.39, 0.29) is 11.3 Å². The van der Waals surface area contributed by atoms with Crippen molar-refractivity contribution in [1.82, 2.24) is 20.2 Å². The van der Waals surface area contributed by atoms with Crippen molar-refractivity contribution in [2.75, 3.05) is 0 Å². The molecule has 0 fully saturated rings. The van der Waals surface area contributed by atoms with Crippen LogP contribution in [0.5, 0.6) is 0 Å². The molecule has 0 aliphatic carbocycles. The quantitative estimate of drug-likeness (QED) is 0.169. The van der Waals surface area contributed by atoms with Crippen LogP contribution in [-0.4, -0.2) is 31.8 Å². The third-order valence-electron chi connectivity index (χ3n) is 5.18. The topological polar surface area (TPSA) is 128 Å². The molecule has 0 saturated heterocycles. The first kappa shape index (κ1) is 23.7. The van der Waals surface area contributed by atoms with Crippen LogP contribution in [0.1, 0.15) is 16.1 Å². The summed E-state index contributed by atoms with van der Waals surface area (Å²) in [6.45, 7) is 0. The van der Waals surface area contributed by atoms with Crippen molar-refractivity contribution in [3.05, 3.63) is 118 Å². The molecule has 0 aliphatic heterocycles. The van der Waals surface area contributed by atoms with Crippen LogP contribution < -0.4 is 5.43 Å². The lowest BCUT2D eigenvalue weighted by Crippen LogP contribution is -2.18. The largest absolute Gasteiger partial charge is 0.448 e. The van der Waals surface area contributed by atoms with Crippen LogP contribution >= 0.6 is 11.8 Å². The Morgan fingerprint density at radius 2 is 1.65 bits per heavy atom. The van der Waals surface area contributed by atoms with Crippen molar-refractivity contribution >= 4 is 29.6 Å². The van der Waals surface area contributed by atoms with Gasteiger partial charge in [-0.25, -0.2) is 5.43 Å². The second-order valence-electron chi connectivity index (χ2n) is 7.58. The molecule has 0 aliphatic rings. The van der Waals surface area contributed by atoms with Crippen molar-refractivity contribution in [2.45, 2.75) is 10.2 Å². The zero-order chi connectivity index (χ0) is 25.6. The second kappa shape index (κ2) is 10.7. The summed E-state index contributed by atoms with van der Waals surface area (Å²) in [5, 5.41) is 24.9. The first-order valence-corrected chi connectivity index (χ1v) is 11.8. The lowest BCUT2D eigenvalue weighted by Gasteiger charge is -2.09. The molecule has 0 bridgehead atoms. The summed E-state index contributed by atoms with van der Waals surface area (Å²) in [7, 11) is 0. The minimum Gasteiger partial charge on any atom is -0.448 e. The molecule has 5 aromatic rings. The van der Waals surface area contributed by atoms with Gasteiger partial charge in [0.2, 0.25) is 5.16 Å². The Labute approximate surface area is 214 Å². The van der Waals surface area contributed by atoms with Crippen LogP contribution in [0.15, 0.2) is 117 Å². The third kappa shape index (κ3) is 5.31. The van der Waals surface area contributed by atoms with Crippen LogP contribution in [0.4, 0.5) is 5.69 Å². The number of nitro benzene ring substituents is 1. The van der Waals surface area contributed by atoms with Crippen LogP contribution in [-0.2, 0) is 0 Å². The summed E-state index contributed by atoms with van der Waals surface area (Å²) < 4.78 is 7.76. The molecule has 0 saturated carbocycles. The molecule has 37 heavy (non-hydrogen) atoms. The first-order chi connectivity index (χ1) is 18.1. The number of aromatic nitrogens is 3. The maximum Gasteiger partial charge on any atom is 0.282 e. The second-order valence-corrected chi connectivity index (χ2v) is 8.55. The van der Waals surface area contributed by atoms with E-state index < -0.39 is 10.8 Å². The Bertz CT molecular complexity index is 1580. The minimum atomic E-state index is -0.700. The molecule has 11 heteroatoms. The van der Waals surface area contributed by atoms with Crippen molar-refractivity contribution in [3.8, 4) is 17.1 Å². The molecule has 10 nitrogen and oxygen atoms in total. The molecule has 1 N–H and O–H groups in total. The molecule has 0 atom stereocenters. The van der Waals surface area contributed by atoms with Gasteiger partial charge >= 0.3 is 0 Å². The third-order valence-corrected chi connectivity index (χ3v) is 6.04. The molecule has 5 rings (SSSR count). The SMILES string of the molecule is O=C(N/N=C\c1ccc(Sc2nnc(-c3ccccc3)n2-c2ccccc2)o1)c1ccccc1[N+](=O)[O-]. The van der Waals surface area contributed by atoms with Crippen LogP contribution in [0.2, 0.25) is 0 Å². The molecule has 182 valence electrons. The molecule has 2 aromatic heterocycles. The lowest BCUT2D eigenvalue weighted by atomic mass is 10.2. The molecular weight excluding hydrogens is 492 g/mol. The van der Waals surface area contributed by atoms with Gasteiger partial charge in [0.05, 0.1) is 11.1 Å². The first-order valence-electron chi connectivity index (χ1n) is 11.0. The number of carbonyl (C=O) groups is 1. The highest BCUT2D eigenvalue weighted by atomic mass is 32.2. The standard InChI is InChI=1S/C26H18N6O4S/c33-25(21-13-7-8-14-22(21)32(34)35)29-27-17-20-15-16-23(36-20)37-26-30-28-24(18-9-3-1-4-10-18)31(26)19-11-5-2-6-12-19/h1-17H,(H,29,33)/b27-17-. The van der Waals surface area contributed by atoms with Crippen molar-refractivity contribution in [1.29, 1.82) is 0 Å². The van der Waals surface area contributed by atoms with Crippen LogP contribution in [0.3, 0.4) is 0 Å². The number of para-hydroxylation sites is 2. The van der Waals surface area contributed by atoms with Gasteiger partial charge in [-0.15, -0.1) is 10.2 Å². The summed E-state index contributed by atoms with van der Waals surface area (Å²) in [5.41, 5.74) is 3.72. The summed E-state index contributed by atoms with van der Waals surface area (Å²) in [5.74, 6) is 0.369. The number of nitrogens with zero attached hydrogens (tertiary/aromatic N) is 5. The lowest BCUT2D eigenvalue weighted by molar-refractivity contribution is -0.385. The number of amides is 1. The van der Waals surface area contributed by atoms with Crippen molar-refractivity contribution in [3.63, 3.8) is 0 Å². The Morgan fingerprint density at radius 1 is 0.946 bits per heavy atom. The molecule has 2 heterocycles. The van der Waals surface area contributed by atoms with Crippen molar-refractivity contribution < 1.29 is 14.1 Å². The Kier molecular flexibility index (Phi) is 6.86. The smallest absolute Gasteiger partial charge is 0.282 e. The summed E-state index contributed by atoms with van der Waals surface area (Å²) >= 11 is 1.29. The fourth-order valence-electron chi connectivity index (χ4n) is 3.51. The Morgan fingerprint density at radius 3 is 2.41 bits per heavy atom. The fourth-order valence-corrected chi connectivity index (χ4v) is 4.33. The number of nitrogens with one attached hydrogen (secondary N) is 1.